The number of fused-ring (bicyclic) bond motifs is 1. The maximum atomic E-state index is 4.86. The van der Waals surface area contributed by atoms with Gasteiger partial charge in [0.25, 0.3) is 0 Å². The van der Waals surface area contributed by atoms with E-state index in [0.717, 1.165) is 36.5 Å². The smallest absolute Gasteiger partial charge is 0.124 e. The van der Waals surface area contributed by atoms with Gasteiger partial charge in [0.15, 0.2) is 0 Å². The molecule has 0 unspecified atom stereocenters. The minimum Gasteiger partial charge on any atom is -0.341 e. The Morgan fingerprint density at radius 1 is 0.967 bits per heavy atom. The minimum atomic E-state index is 0.427. The molecule has 5 rings (SSSR count). The Bertz CT molecular complexity index is 992. The van der Waals surface area contributed by atoms with Gasteiger partial charge in [0.05, 0.1) is 17.1 Å². The molecule has 2 aromatic carbocycles. The molecule has 5 nitrogen and oxygen atoms in total. The van der Waals surface area contributed by atoms with Crippen LogP contribution in [0, 0.1) is 0 Å². The number of hydrogen-bond donors (Lipinski definition) is 2. The zero-order valence-corrected chi connectivity index (χ0v) is 18.2. The van der Waals surface area contributed by atoms with Crippen molar-refractivity contribution in [2.24, 2.45) is 0 Å². The summed E-state index contributed by atoms with van der Waals surface area (Å²) in [5, 5.41) is 3.63. The van der Waals surface area contributed by atoms with Crippen molar-refractivity contribution in [1.29, 1.82) is 0 Å². The number of nitrogens with one attached hydrogen (secondary N) is 2. The van der Waals surface area contributed by atoms with Crippen LogP contribution in [0.4, 0.5) is 0 Å². The zero-order chi connectivity index (χ0) is 20.5. The van der Waals surface area contributed by atoms with E-state index in [-0.39, 0.29) is 0 Å². The van der Waals surface area contributed by atoms with Crippen molar-refractivity contribution >= 4 is 11.0 Å². The second kappa shape index (κ2) is 8.50. The molecule has 2 atom stereocenters. The fraction of sp³-hybridized carbons (Fsp3) is 0.480. The van der Waals surface area contributed by atoms with Crippen molar-refractivity contribution in [3.63, 3.8) is 0 Å². The number of H-pyrrole nitrogens is 1. The Balaban J connectivity index is 1.25. The maximum Gasteiger partial charge on any atom is 0.124 e. The third kappa shape index (κ3) is 4.02. The Morgan fingerprint density at radius 3 is 2.47 bits per heavy atom. The molecule has 2 fully saturated rings. The summed E-state index contributed by atoms with van der Waals surface area (Å²) in [6.07, 6.45) is 5.09. The SMILES string of the molecule is CN1CCC[C@H]1CNCc1ccc(-c2ccc3nc([C@@H]4CCCN4C)[nH]c3c2)cc1. The van der Waals surface area contributed by atoms with E-state index in [1.165, 1.54) is 48.9 Å². The summed E-state index contributed by atoms with van der Waals surface area (Å²) in [6.45, 7) is 4.40. The average Bonchev–Trinajstić information content (AvgIpc) is 3.47. The zero-order valence-electron chi connectivity index (χ0n) is 18.2. The van der Waals surface area contributed by atoms with Crippen molar-refractivity contribution in [2.75, 3.05) is 33.7 Å². The monoisotopic (exact) mass is 403 g/mol. The predicted molar refractivity (Wildman–Crippen MR) is 123 cm³/mol. The first-order valence-electron chi connectivity index (χ1n) is 11.4. The van der Waals surface area contributed by atoms with Crippen LogP contribution in [0.5, 0.6) is 0 Å². The average molecular weight is 404 g/mol. The van der Waals surface area contributed by atoms with Crippen LogP contribution in [-0.4, -0.2) is 59.5 Å². The van der Waals surface area contributed by atoms with Gasteiger partial charge in [0, 0.05) is 19.1 Å². The molecule has 0 bridgehead atoms. The van der Waals surface area contributed by atoms with E-state index in [4.69, 9.17) is 4.98 Å². The molecule has 0 saturated carbocycles. The van der Waals surface area contributed by atoms with Crippen molar-refractivity contribution in [3.05, 3.63) is 53.9 Å². The van der Waals surface area contributed by atoms with Crippen molar-refractivity contribution < 1.29 is 0 Å². The molecule has 3 heterocycles. The molecular weight excluding hydrogens is 370 g/mol. The molecule has 2 saturated heterocycles. The molecule has 0 amide bonds. The minimum absolute atomic E-state index is 0.427. The predicted octanol–water partition coefficient (Wildman–Crippen LogP) is 4.18. The van der Waals surface area contributed by atoms with Crippen molar-refractivity contribution in [1.82, 2.24) is 25.1 Å². The second-order valence-corrected chi connectivity index (χ2v) is 9.10. The number of aromatic amines is 1. The Kier molecular flexibility index (Phi) is 5.59. The normalized spacial score (nSPS) is 23.0. The fourth-order valence-electron chi connectivity index (χ4n) is 5.06. The molecule has 1 aromatic heterocycles. The lowest BCUT2D eigenvalue weighted by molar-refractivity contribution is 0.300. The van der Waals surface area contributed by atoms with Crippen molar-refractivity contribution in [3.8, 4) is 11.1 Å². The molecule has 0 radical (unpaired) electrons. The lowest BCUT2D eigenvalue weighted by Crippen LogP contribution is -2.35. The van der Waals surface area contributed by atoms with Crippen LogP contribution < -0.4 is 5.32 Å². The molecule has 30 heavy (non-hydrogen) atoms. The van der Waals surface area contributed by atoms with Crippen LogP contribution in [0.3, 0.4) is 0 Å². The summed E-state index contributed by atoms with van der Waals surface area (Å²) in [4.78, 5) is 13.3. The second-order valence-electron chi connectivity index (χ2n) is 9.10. The first-order valence-corrected chi connectivity index (χ1v) is 11.4. The first kappa shape index (κ1) is 19.7. The van der Waals surface area contributed by atoms with Gasteiger partial charge in [-0.25, -0.2) is 4.98 Å². The highest BCUT2D eigenvalue weighted by Crippen LogP contribution is 2.31. The van der Waals surface area contributed by atoms with Crippen molar-refractivity contribution in [2.45, 2.75) is 44.3 Å². The molecule has 2 aliphatic rings. The van der Waals surface area contributed by atoms with Gasteiger partial charge < -0.3 is 15.2 Å². The third-order valence-corrected chi connectivity index (χ3v) is 7.00. The van der Waals surface area contributed by atoms with Gasteiger partial charge in [0.1, 0.15) is 5.82 Å². The highest BCUT2D eigenvalue weighted by Gasteiger charge is 2.25. The van der Waals surface area contributed by atoms with E-state index in [0.29, 0.717) is 12.1 Å². The molecule has 0 aliphatic carbocycles. The number of nitrogens with zero attached hydrogens (tertiary/aromatic N) is 3. The van der Waals surface area contributed by atoms with Gasteiger partial charge in [-0.1, -0.05) is 30.3 Å². The summed E-state index contributed by atoms with van der Waals surface area (Å²) in [6, 6.07) is 16.7. The number of imidazole rings is 1. The van der Waals surface area contributed by atoms with Gasteiger partial charge in [-0.05, 0) is 81.7 Å². The first-order chi connectivity index (χ1) is 14.7. The van der Waals surface area contributed by atoms with E-state index in [9.17, 15) is 0 Å². The summed E-state index contributed by atoms with van der Waals surface area (Å²) in [5.41, 5.74) is 6.03. The van der Waals surface area contributed by atoms with E-state index in [1.807, 2.05) is 0 Å². The molecule has 5 heteroatoms. The van der Waals surface area contributed by atoms with E-state index in [1.54, 1.807) is 0 Å². The van der Waals surface area contributed by atoms with Crippen LogP contribution in [0.2, 0.25) is 0 Å². The maximum absolute atomic E-state index is 4.86. The topological polar surface area (TPSA) is 47.2 Å². The van der Waals surface area contributed by atoms with Gasteiger partial charge in [-0.2, -0.15) is 0 Å². The van der Waals surface area contributed by atoms with Crippen LogP contribution in [-0.2, 0) is 6.54 Å². The van der Waals surface area contributed by atoms with E-state index < -0.39 is 0 Å². The van der Waals surface area contributed by atoms with Crippen LogP contribution in [0.15, 0.2) is 42.5 Å². The lowest BCUT2D eigenvalue weighted by Gasteiger charge is -2.19. The van der Waals surface area contributed by atoms with E-state index in [2.05, 4.69) is 76.7 Å². The quantitative estimate of drug-likeness (QED) is 0.648. The molecule has 2 N–H and O–H groups in total. The number of benzene rings is 2. The highest BCUT2D eigenvalue weighted by molar-refractivity contribution is 5.82. The number of hydrogen-bond acceptors (Lipinski definition) is 4. The van der Waals surface area contributed by atoms with Crippen LogP contribution >= 0.6 is 0 Å². The van der Waals surface area contributed by atoms with Gasteiger partial charge in [-0.3, -0.25) is 4.90 Å². The van der Waals surface area contributed by atoms with Gasteiger partial charge in [-0.15, -0.1) is 0 Å². The summed E-state index contributed by atoms with van der Waals surface area (Å²) >= 11 is 0. The Morgan fingerprint density at radius 2 is 1.73 bits per heavy atom. The Labute approximate surface area is 179 Å². The summed E-state index contributed by atoms with van der Waals surface area (Å²) < 4.78 is 0. The number of likely N-dealkylation sites (tertiary alicyclic amines) is 2. The molecule has 3 aromatic rings. The third-order valence-electron chi connectivity index (χ3n) is 7.00. The van der Waals surface area contributed by atoms with Crippen LogP contribution in [0.1, 0.15) is 43.1 Å². The van der Waals surface area contributed by atoms with Crippen LogP contribution in [0.25, 0.3) is 22.2 Å². The molecule has 0 spiro atoms. The largest absolute Gasteiger partial charge is 0.341 e. The summed E-state index contributed by atoms with van der Waals surface area (Å²) in [7, 11) is 4.43. The summed E-state index contributed by atoms with van der Waals surface area (Å²) in [5.74, 6) is 1.11. The van der Waals surface area contributed by atoms with Gasteiger partial charge >= 0.3 is 0 Å². The fourth-order valence-corrected chi connectivity index (χ4v) is 5.06. The molecule has 2 aliphatic heterocycles. The van der Waals surface area contributed by atoms with Gasteiger partial charge in [0.2, 0.25) is 0 Å². The molecular formula is C25H33N5. The highest BCUT2D eigenvalue weighted by atomic mass is 15.2. The number of likely N-dealkylation sites (N-methyl/N-ethyl adjacent to an activating group) is 1. The van der Waals surface area contributed by atoms with E-state index >= 15 is 0 Å². The Hall–Kier alpha value is -2.21. The standard InChI is InChI=1S/C25H33N5/c1-29-13-3-5-21(29)17-26-16-18-7-9-19(10-8-18)20-11-12-22-23(15-20)28-25(27-22)24-6-4-14-30(24)2/h7-12,15,21,24,26H,3-6,13-14,16-17H2,1-2H3,(H,27,28)/t21-,24-/m0/s1. The lowest BCUT2D eigenvalue weighted by atomic mass is 10.0. The number of rotatable bonds is 6. The number of aromatic nitrogens is 2. The molecule has 158 valence electrons.